The second-order valence-corrected chi connectivity index (χ2v) is 3.62. The molecule has 2 N–H and O–H groups in total. The maximum Gasteiger partial charge on any atom is 0.169 e. The quantitative estimate of drug-likeness (QED) is 0.742. The Kier molecular flexibility index (Phi) is 1.96. The number of anilines is 1. The number of para-hydroxylation sites is 1. The summed E-state index contributed by atoms with van der Waals surface area (Å²) in [5.74, 6) is 0. The van der Waals surface area contributed by atoms with Crippen molar-refractivity contribution in [1.82, 2.24) is 4.98 Å². The third-order valence-electron chi connectivity index (χ3n) is 2.61. The third kappa shape index (κ3) is 1.51. The molecule has 0 fully saturated rings. The predicted octanol–water partition coefficient (Wildman–Crippen LogP) is 2.66. The first-order chi connectivity index (χ1) is 7.43. The Hall–Kier alpha value is -1.74. The number of H-pyrrole nitrogens is 1. The van der Waals surface area contributed by atoms with Gasteiger partial charge in [-0.3, -0.25) is 0 Å². The van der Waals surface area contributed by atoms with Crippen molar-refractivity contribution in [2.24, 2.45) is 0 Å². The Balaban J connectivity index is 1.89. The lowest BCUT2D eigenvalue weighted by molar-refractivity contribution is 0.0483. The van der Waals surface area contributed by atoms with Crippen LogP contribution in [-0.4, -0.2) is 4.98 Å². The van der Waals surface area contributed by atoms with E-state index in [1.165, 1.54) is 5.56 Å². The molecule has 0 saturated carbocycles. The van der Waals surface area contributed by atoms with E-state index < -0.39 is 0 Å². The van der Waals surface area contributed by atoms with E-state index in [1.807, 2.05) is 30.5 Å². The fourth-order valence-corrected chi connectivity index (χ4v) is 1.82. The van der Waals surface area contributed by atoms with Crippen LogP contribution < -0.4 is 5.32 Å². The van der Waals surface area contributed by atoms with Crippen molar-refractivity contribution in [1.29, 1.82) is 0 Å². The second kappa shape index (κ2) is 3.44. The van der Waals surface area contributed by atoms with E-state index in [9.17, 15) is 0 Å². The van der Waals surface area contributed by atoms with Crippen LogP contribution in [0.15, 0.2) is 42.6 Å². The van der Waals surface area contributed by atoms with E-state index in [0.29, 0.717) is 6.61 Å². The SMILES string of the molecule is c1c[nH]c([C@H]2Nc3ccccc3CO2)c1. The zero-order chi connectivity index (χ0) is 10.1. The molecule has 2 heterocycles. The van der Waals surface area contributed by atoms with Crippen molar-refractivity contribution >= 4 is 5.69 Å². The molecule has 1 aliphatic heterocycles. The molecule has 0 radical (unpaired) electrons. The van der Waals surface area contributed by atoms with E-state index in [-0.39, 0.29) is 6.23 Å². The highest BCUT2D eigenvalue weighted by Gasteiger charge is 2.19. The molecule has 2 aromatic rings. The minimum Gasteiger partial charge on any atom is -0.361 e. The first kappa shape index (κ1) is 8.56. The summed E-state index contributed by atoms with van der Waals surface area (Å²) in [7, 11) is 0. The van der Waals surface area contributed by atoms with E-state index >= 15 is 0 Å². The first-order valence-corrected chi connectivity index (χ1v) is 5.03. The molecule has 3 heteroatoms. The highest BCUT2D eigenvalue weighted by atomic mass is 16.5. The molecule has 3 nitrogen and oxygen atoms in total. The summed E-state index contributed by atoms with van der Waals surface area (Å²) in [4.78, 5) is 3.15. The zero-order valence-electron chi connectivity index (χ0n) is 8.23. The van der Waals surface area contributed by atoms with Gasteiger partial charge < -0.3 is 15.0 Å². The summed E-state index contributed by atoms with van der Waals surface area (Å²) in [5, 5.41) is 3.35. The number of aromatic nitrogens is 1. The van der Waals surface area contributed by atoms with Crippen molar-refractivity contribution in [3.8, 4) is 0 Å². The molecule has 0 spiro atoms. The van der Waals surface area contributed by atoms with Gasteiger partial charge in [-0.1, -0.05) is 18.2 Å². The molecule has 0 aliphatic carbocycles. The van der Waals surface area contributed by atoms with Crippen molar-refractivity contribution in [3.05, 3.63) is 53.9 Å². The Morgan fingerprint density at radius 2 is 2.07 bits per heavy atom. The molecule has 0 unspecified atom stereocenters. The summed E-state index contributed by atoms with van der Waals surface area (Å²) >= 11 is 0. The monoisotopic (exact) mass is 200 g/mol. The molecule has 1 aromatic heterocycles. The van der Waals surface area contributed by atoms with E-state index in [1.54, 1.807) is 0 Å². The topological polar surface area (TPSA) is 37.0 Å². The van der Waals surface area contributed by atoms with Crippen molar-refractivity contribution < 1.29 is 4.74 Å². The lowest BCUT2D eigenvalue weighted by Gasteiger charge is -2.26. The molecule has 0 bridgehead atoms. The Morgan fingerprint density at radius 3 is 2.93 bits per heavy atom. The molecule has 0 saturated heterocycles. The predicted molar refractivity (Wildman–Crippen MR) is 58.4 cm³/mol. The van der Waals surface area contributed by atoms with Crippen LogP contribution in [-0.2, 0) is 11.3 Å². The molecule has 1 aliphatic rings. The minimum atomic E-state index is -0.0603. The van der Waals surface area contributed by atoms with Crippen LogP contribution in [0.5, 0.6) is 0 Å². The summed E-state index contributed by atoms with van der Waals surface area (Å²) in [6, 6.07) is 12.2. The van der Waals surface area contributed by atoms with Gasteiger partial charge in [0.1, 0.15) is 0 Å². The van der Waals surface area contributed by atoms with Gasteiger partial charge in [0.25, 0.3) is 0 Å². The van der Waals surface area contributed by atoms with Gasteiger partial charge in [-0.2, -0.15) is 0 Å². The number of nitrogens with one attached hydrogen (secondary N) is 2. The largest absolute Gasteiger partial charge is 0.361 e. The Morgan fingerprint density at radius 1 is 1.13 bits per heavy atom. The molecule has 1 atom stereocenters. The van der Waals surface area contributed by atoms with Gasteiger partial charge in [-0.25, -0.2) is 0 Å². The average molecular weight is 200 g/mol. The van der Waals surface area contributed by atoms with Crippen LogP contribution in [0, 0.1) is 0 Å². The molecule has 76 valence electrons. The third-order valence-corrected chi connectivity index (χ3v) is 2.61. The van der Waals surface area contributed by atoms with Crippen LogP contribution in [0.4, 0.5) is 5.69 Å². The summed E-state index contributed by atoms with van der Waals surface area (Å²) in [5.41, 5.74) is 3.42. The normalized spacial score (nSPS) is 19.3. The van der Waals surface area contributed by atoms with E-state index in [2.05, 4.69) is 22.4 Å². The summed E-state index contributed by atoms with van der Waals surface area (Å²) < 4.78 is 5.71. The zero-order valence-corrected chi connectivity index (χ0v) is 8.23. The molecular formula is C12H12N2O. The number of hydrogen-bond donors (Lipinski definition) is 2. The van der Waals surface area contributed by atoms with Gasteiger partial charge in [-0.15, -0.1) is 0 Å². The van der Waals surface area contributed by atoms with Crippen LogP contribution in [0.1, 0.15) is 17.5 Å². The highest BCUT2D eigenvalue weighted by molar-refractivity contribution is 5.52. The van der Waals surface area contributed by atoms with Crippen molar-refractivity contribution in [2.45, 2.75) is 12.8 Å². The van der Waals surface area contributed by atoms with Crippen LogP contribution in [0.3, 0.4) is 0 Å². The fourth-order valence-electron chi connectivity index (χ4n) is 1.82. The highest BCUT2D eigenvalue weighted by Crippen LogP contribution is 2.29. The van der Waals surface area contributed by atoms with Gasteiger partial charge in [0.05, 0.1) is 12.3 Å². The number of benzene rings is 1. The molecule has 1 aromatic carbocycles. The smallest absolute Gasteiger partial charge is 0.169 e. The van der Waals surface area contributed by atoms with E-state index in [0.717, 1.165) is 11.4 Å². The number of ether oxygens (including phenoxy) is 1. The molecule has 0 amide bonds. The Bertz CT molecular complexity index is 450. The lowest BCUT2D eigenvalue weighted by atomic mass is 10.1. The van der Waals surface area contributed by atoms with Crippen LogP contribution >= 0.6 is 0 Å². The standard InChI is InChI=1S/C12H12N2O/c1-2-5-10-9(4-1)8-15-12(14-10)11-6-3-7-13-11/h1-7,12-14H,8H2/t12-/m0/s1. The number of fused-ring (bicyclic) bond motifs is 1. The van der Waals surface area contributed by atoms with Gasteiger partial charge in [0, 0.05) is 17.4 Å². The average Bonchev–Trinajstić information content (AvgIpc) is 2.82. The van der Waals surface area contributed by atoms with Gasteiger partial charge in [0.2, 0.25) is 0 Å². The van der Waals surface area contributed by atoms with Gasteiger partial charge in [-0.05, 0) is 18.2 Å². The lowest BCUT2D eigenvalue weighted by Crippen LogP contribution is -2.20. The molecule has 3 rings (SSSR count). The maximum absolute atomic E-state index is 5.71. The number of hydrogen-bond acceptors (Lipinski definition) is 2. The Labute approximate surface area is 88.1 Å². The second-order valence-electron chi connectivity index (χ2n) is 3.62. The molecule has 15 heavy (non-hydrogen) atoms. The summed E-state index contributed by atoms with van der Waals surface area (Å²) in [6.45, 7) is 0.660. The number of aromatic amines is 1. The van der Waals surface area contributed by atoms with Crippen molar-refractivity contribution in [3.63, 3.8) is 0 Å². The fraction of sp³-hybridized carbons (Fsp3) is 0.167. The number of rotatable bonds is 1. The van der Waals surface area contributed by atoms with Gasteiger partial charge in [0.15, 0.2) is 6.23 Å². The van der Waals surface area contributed by atoms with Crippen LogP contribution in [0.25, 0.3) is 0 Å². The van der Waals surface area contributed by atoms with Crippen LogP contribution in [0.2, 0.25) is 0 Å². The molecular weight excluding hydrogens is 188 g/mol. The minimum absolute atomic E-state index is 0.0603. The maximum atomic E-state index is 5.71. The first-order valence-electron chi connectivity index (χ1n) is 5.03. The van der Waals surface area contributed by atoms with Crippen molar-refractivity contribution in [2.75, 3.05) is 5.32 Å². The summed E-state index contributed by atoms with van der Waals surface area (Å²) in [6.07, 6.45) is 1.84. The van der Waals surface area contributed by atoms with E-state index in [4.69, 9.17) is 4.74 Å². The van der Waals surface area contributed by atoms with Gasteiger partial charge >= 0.3 is 0 Å².